The van der Waals surface area contributed by atoms with Crippen LogP contribution in [-0.4, -0.2) is 23.1 Å². The van der Waals surface area contributed by atoms with Gasteiger partial charge in [-0.2, -0.15) is 0 Å². The molecule has 0 saturated carbocycles. The molecule has 1 atom stereocenters. The Kier molecular flexibility index (Phi) is 6.25. The van der Waals surface area contributed by atoms with Crippen LogP contribution in [0.25, 0.3) is 0 Å². The Morgan fingerprint density at radius 2 is 2.22 bits per heavy atom. The zero-order chi connectivity index (χ0) is 13.4. The maximum absolute atomic E-state index is 11.5. The van der Waals surface area contributed by atoms with Gasteiger partial charge in [-0.15, -0.1) is 0 Å². The van der Waals surface area contributed by atoms with E-state index in [9.17, 15) is 4.79 Å². The topological polar surface area (TPSA) is 67.0 Å². The zero-order valence-corrected chi connectivity index (χ0v) is 11.5. The molecule has 0 bridgehead atoms. The van der Waals surface area contributed by atoms with E-state index in [1.165, 1.54) is 39.1 Å². The molecule has 0 aromatic carbocycles. The van der Waals surface area contributed by atoms with Crippen LogP contribution in [0.2, 0.25) is 0 Å². The van der Waals surface area contributed by atoms with Crippen molar-refractivity contribution in [3.8, 4) is 5.75 Å². The van der Waals surface area contributed by atoms with E-state index in [0.717, 1.165) is 6.42 Å². The lowest BCUT2D eigenvalue weighted by Gasteiger charge is -2.15. The molecule has 0 aliphatic rings. The van der Waals surface area contributed by atoms with E-state index in [4.69, 9.17) is 4.74 Å². The summed E-state index contributed by atoms with van der Waals surface area (Å²) < 4.78 is 5.05. The zero-order valence-electron chi connectivity index (χ0n) is 11.5. The SMILES string of the molecule is CCCCCCC(C)Nc1nc[nH]c(=O)c1OC. The fraction of sp³-hybridized carbons (Fsp3) is 0.692. The molecule has 0 fully saturated rings. The number of anilines is 1. The Bertz CT molecular complexity index is 403. The molecule has 1 heterocycles. The largest absolute Gasteiger partial charge is 0.489 e. The van der Waals surface area contributed by atoms with Crippen molar-refractivity contribution in [1.29, 1.82) is 0 Å². The van der Waals surface area contributed by atoms with Gasteiger partial charge >= 0.3 is 0 Å². The summed E-state index contributed by atoms with van der Waals surface area (Å²) in [6.07, 6.45) is 7.41. The Labute approximate surface area is 108 Å². The number of ether oxygens (including phenoxy) is 1. The van der Waals surface area contributed by atoms with E-state index in [0.29, 0.717) is 5.82 Å². The summed E-state index contributed by atoms with van der Waals surface area (Å²) in [7, 11) is 1.48. The molecule has 0 aliphatic heterocycles. The molecule has 1 unspecified atom stereocenters. The van der Waals surface area contributed by atoms with Crippen molar-refractivity contribution in [2.75, 3.05) is 12.4 Å². The van der Waals surface area contributed by atoms with Crippen LogP contribution in [0.3, 0.4) is 0 Å². The predicted octanol–water partition coefficient (Wildman–Crippen LogP) is 2.55. The van der Waals surface area contributed by atoms with Crippen LogP contribution in [0.15, 0.2) is 11.1 Å². The summed E-state index contributed by atoms with van der Waals surface area (Å²) in [5, 5.41) is 3.22. The number of H-pyrrole nitrogens is 1. The Balaban J connectivity index is 2.51. The van der Waals surface area contributed by atoms with Crippen molar-refractivity contribution < 1.29 is 4.74 Å². The molecule has 0 amide bonds. The lowest BCUT2D eigenvalue weighted by Crippen LogP contribution is -2.20. The summed E-state index contributed by atoms with van der Waals surface area (Å²) in [4.78, 5) is 18.1. The highest BCUT2D eigenvalue weighted by Gasteiger charge is 2.11. The smallest absolute Gasteiger partial charge is 0.295 e. The van der Waals surface area contributed by atoms with Gasteiger partial charge in [0.05, 0.1) is 13.4 Å². The summed E-state index contributed by atoms with van der Waals surface area (Å²) in [5.74, 6) is 0.766. The Hall–Kier alpha value is -1.52. The third-order valence-electron chi connectivity index (χ3n) is 2.89. The normalized spacial score (nSPS) is 12.2. The number of unbranched alkanes of at least 4 members (excludes halogenated alkanes) is 3. The fourth-order valence-electron chi connectivity index (χ4n) is 1.86. The molecule has 18 heavy (non-hydrogen) atoms. The second kappa shape index (κ2) is 7.74. The molecule has 1 aromatic heterocycles. The van der Waals surface area contributed by atoms with Gasteiger partial charge in [0, 0.05) is 6.04 Å². The van der Waals surface area contributed by atoms with E-state index >= 15 is 0 Å². The van der Waals surface area contributed by atoms with Crippen LogP contribution >= 0.6 is 0 Å². The van der Waals surface area contributed by atoms with Crippen molar-refractivity contribution in [2.45, 2.75) is 52.0 Å². The maximum Gasteiger partial charge on any atom is 0.295 e. The van der Waals surface area contributed by atoms with Crippen LogP contribution in [0.5, 0.6) is 5.75 Å². The molecule has 1 aromatic rings. The number of aromatic nitrogens is 2. The highest BCUT2D eigenvalue weighted by molar-refractivity contribution is 5.48. The molecule has 5 heteroatoms. The predicted molar refractivity (Wildman–Crippen MR) is 73.3 cm³/mol. The minimum Gasteiger partial charge on any atom is -0.489 e. The molecule has 5 nitrogen and oxygen atoms in total. The summed E-state index contributed by atoms with van der Waals surface area (Å²) in [6.45, 7) is 4.29. The number of hydrogen-bond donors (Lipinski definition) is 2. The van der Waals surface area contributed by atoms with Crippen LogP contribution < -0.4 is 15.6 Å². The first kappa shape index (κ1) is 14.5. The van der Waals surface area contributed by atoms with Crippen molar-refractivity contribution in [2.24, 2.45) is 0 Å². The van der Waals surface area contributed by atoms with Crippen LogP contribution in [-0.2, 0) is 0 Å². The third-order valence-corrected chi connectivity index (χ3v) is 2.89. The second-order valence-corrected chi connectivity index (χ2v) is 4.51. The molecule has 1 rings (SSSR count). The van der Waals surface area contributed by atoms with Crippen molar-refractivity contribution >= 4 is 5.82 Å². The molecular weight excluding hydrogens is 230 g/mol. The monoisotopic (exact) mass is 253 g/mol. The van der Waals surface area contributed by atoms with Gasteiger partial charge in [-0.05, 0) is 13.3 Å². The number of nitrogens with one attached hydrogen (secondary N) is 2. The van der Waals surface area contributed by atoms with E-state index in [2.05, 4.69) is 29.1 Å². The highest BCUT2D eigenvalue weighted by Crippen LogP contribution is 2.17. The minimum absolute atomic E-state index is 0.248. The molecule has 0 radical (unpaired) electrons. The van der Waals surface area contributed by atoms with Gasteiger partial charge < -0.3 is 15.0 Å². The molecule has 2 N–H and O–H groups in total. The van der Waals surface area contributed by atoms with Crippen molar-refractivity contribution in [1.82, 2.24) is 9.97 Å². The van der Waals surface area contributed by atoms with Gasteiger partial charge in [0.25, 0.3) is 5.56 Å². The number of aromatic amines is 1. The van der Waals surface area contributed by atoms with Gasteiger partial charge in [-0.25, -0.2) is 4.98 Å². The minimum atomic E-state index is -0.256. The Morgan fingerprint density at radius 1 is 1.44 bits per heavy atom. The van der Waals surface area contributed by atoms with Gasteiger partial charge in [0.1, 0.15) is 0 Å². The second-order valence-electron chi connectivity index (χ2n) is 4.51. The molecule has 0 aliphatic carbocycles. The lowest BCUT2D eigenvalue weighted by atomic mass is 10.1. The molecule has 0 saturated heterocycles. The standard InChI is InChI=1S/C13H23N3O2/c1-4-5-6-7-8-10(2)16-12-11(18-3)13(17)15-9-14-12/h9-10H,4-8H2,1-3H3,(H2,14,15,16,17). The average Bonchev–Trinajstić information content (AvgIpc) is 2.35. The molecule has 0 spiro atoms. The summed E-state index contributed by atoms with van der Waals surface area (Å²) >= 11 is 0. The van der Waals surface area contributed by atoms with Crippen LogP contribution in [0.1, 0.15) is 46.0 Å². The van der Waals surface area contributed by atoms with Gasteiger partial charge in [0.2, 0.25) is 5.75 Å². The van der Waals surface area contributed by atoms with Gasteiger partial charge in [-0.3, -0.25) is 4.79 Å². The van der Waals surface area contributed by atoms with Crippen molar-refractivity contribution in [3.63, 3.8) is 0 Å². The van der Waals surface area contributed by atoms with E-state index in [-0.39, 0.29) is 17.4 Å². The number of rotatable bonds is 8. The van der Waals surface area contributed by atoms with E-state index < -0.39 is 0 Å². The molecule has 102 valence electrons. The first-order valence-electron chi connectivity index (χ1n) is 6.57. The average molecular weight is 253 g/mol. The first-order valence-corrected chi connectivity index (χ1v) is 6.57. The van der Waals surface area contributed by atoms with Gasteiger partial charge in [-0.1, -0.05) is 32.6 Å². The number of nitrogens with zero attached hydrogens (tertiary/aromatic N) is 1. The van der Waals surface area contributed by atoms with E-state index in [1.807, 2.05) is 0 Å². The van der Waals surface area contributed by atoms with E-state index in [1.54, 1.807) is 0 Å². The summed E-state index contributed by atoms with van der Waals surface area (Å²) in [6, 6.07) is 0.282. The third kappa shape index (κ3) is 4.39. The number of hydrogen-bond acceptors (Lipinski definition) is 4. The first-order chi connectivity index (χ1) is 8.69. The Morgan fingerprint density at radius 3 is 2.89 bits per heavy atom. The highest BCUT2D eigenvalue weighted by atomic mass is 16.5. The maximum atomic E-state index is 11.5. The quantitative estimate of drug-likeness (QED) is 0.699. The lowest BCUT2D eigenvalue weighted by molar-refractivity contribution is 0.407. The van der Waals surface area contributed by atoms with Crippen molar-refractivity contribution in [3.05, 3.63) is 16.7 Å². The fourth-order valence-corrected chi connectivity index (χ4v) is 1.86. The number of methoxy groups -OCH3 is 1. The molecular formula is C13H23N3O2. The van der Waals surface area contributed by atoms with Crippen LogP contribution in [0, 0.1) is 0 Å². The van der Waals surface area contributed by atoms with Gasteiger partial charge in [0.15, 0.2) is 5.82 Å². The van der Waals surface area contributed by atoms with Crippen LogP contribution in [0.4, 0.5) is 5.82 Å². The summed E-state index contributed by atoms with van der Waals surface area (Å²) in [5.41, 5.74) is -0.256.